The van der Waals surface area contributed by atoms with E-state index in [1.54, 1.807) is 13.2 Å². The van der Waals surface area contributed by atoms with Crippen LogP contribution in [0.4, 0.5) is 4.79 Å². The minimum Gasteiger partial charge on any atom is -0.444 e. The average Bonchev–Trinajstić information content (AvgIpc) is 3.18. The SMILES string of the molecule is CN=C(NCC(C)Cn1cccn1)N1CCC(NC(=O)OC(C)(C)C)C1.I. The van der Waals surface area contributed by atoms with Crippen LogP contribution in [0.1, 0.15) is 34.1 Å². The van der Waals surface area contributed by atoms with E-state index in [1.165, 1.54) is 0 Å². The number of nitrogens with zero attached hydrogens (tertiary/aromatic N) is 4. The van der Waals surface area contributed by atoms with Crippen molar-refractivity contribution < 1.29 is 9.53 Å². The molecule has 1 fully saturated rings. The van der Waals surface area contributed by atoms with E-state index in [0.717, 1.165) is 38.6 Å². The zero-order valence-electron chi connectivity index (χ0n) is 16.9. The smallest absolute Gasteiger partial charge is 0.407 e. The second kappa shape index (κ2) is 10.7. The van der Waals surface area contributed by atoms with Gasteiger partial charge in [-0.25, -0.2) is 4.79 Å². The molecule has 1 saturated heterocycles. The van der Waals surface area contributed by atoms with Gasteiger partial charge in [-0.05, 0) is 39.2 Å². The topological polar surface area (TPSA) is 83.8 Å². The first-order valence-electron chi connectivity index (χ1n) is 9.19. The van der Waals surface area contributed by atoms with E-state index >= 15 is 0 Å². The predicted molar refractivity (Wildman–Crippen MR) is 118 cm³/mol. The number of alkyl carbamates (subject to hydrolysis) is 1. The molecule has 0 radical (unpaired) electrons. The third kappa shape index (κ3) is 8.35. The van der Waals surface area contributed by atoms with Crippen molar-refractivity contribution in [1.29, 1.82) is 0 Å². The van der Waals surface area contributed by atoms with E-state index in [9.17, 15) is 4.79 Å². The van der Waals surface area contributed by atoms with Crippen molar-refractivity contribution in [2.45, 2.75) is 52.3 Å². The molecule has 0 spiro atoms. The van der Waals surface area contributed by atoms with Crippen molar-refractivity contribution in [3.8, 4) is 0 Å². The largest absolute Gasteiger partial charge is 0.444 e. The molecular formula is C18H33IN6O2. The Labute approximate surface area is 179 Å². The minimum absolute atomic E-state index is 0. The molecule has 0 aromatic carbocycles. The Hall–Kier alpha value is -1.52. The molecule has 2 atom stereocenters. The first-order chi connectivity index (χ1) is 12.3. The van der Waals surface area contributed by atoms with Crippen LogP contribution in [0, 0.1) is 5.92 Å². The van der Waals surface area contributed by atoms with Crippen LogP contribution in [0.25, 0.3) is 0 Å². The molecule has 0 saturated carbocycles. The number of ether oxygens (including phenoxy) is 1. The summed E-state index contributed by atoms with van der Waals surface area (Å²) in [4.78, 5) is 18.5. The zero-order chi connectivity index (χ0) is 19.2. The maximum atomic E-state index is 11.9. The van der Waals surface area contributed by atoms with Gasteiger partial charge >= 0.3 is 6.09 Å². The summed E-state index contributed by atoms with van der Waals surface area (Å²) in [6.07, 6.45) is 4.28. The number of halogens is 1. The maximum Gasteiger partial charge on any atom is 0.407 e. The molecule has 1 aromatic rings. The lowest BCUT2D eigenvalue weighted by Gasteiger charge is -2.24. The molecule has 0 bridgehead atoms. The monoisotopic (exact) mass is 492 g/mol. The second-order valence-electron chi connectivity index (χ2n) is 7.84. The van der Waals surface area contributed by atoms with Gasteiger partial charge in [0.1, 0.15) is 5.60 Å². The zero-order valence-corrected chi connectivity index (χ0v) is 19.3. The number of aromatic nitrogens is 2. The van der Waals surface area contributed by atoms with Crippen LogP contribution in [0.3, 0.4) is 0 Å². The molecule has 8 nitrogen and oxygen atoms in total. The maximum absolute atomic E-state index is 11.9. The highest BCUT2D eigenvalue weighted by molar-refractivity contribution is 14.0. The number of hydrogen-bond acceptors (Lipinski definition) is 4. The van der Waals surface area contributed by atoms with Gasteiger partial charge in [-0.3, -0.25) is 9.67 Å². The van der Waals surface area contributed by atoms with Gasteiger partial charge in [0.2, 0.25) is 0 Å². The molecule has 0 aliphatic carbocycles. The summed E-state index contributed by atoms with van der Waals surface area (Å²) in [7, 11) is 1.79. The highest BCUT2D eigenvalue weighted by Gasteiger charge is 2.27. The van der Waals surface area contributed by atoms with Gasteiger partial charge in [-0.15, -0.1) is 24.0 Å². The van der Waals surface area contributed by atoms with Crippen molar-refractivity contribution in [2.24, 2.45) is 10.9 Å². The number of nitrogens with one attached hydrogen (secondary N) is 2. The fourth-order valence-electron chi connectivity index (χ4n) is 2.93. The van der Waals surface area contributed by atoms with E-state index in [0.29, 0.717) is 5.92 Å². The van der Waals surface area contributed by atoms with Gasteiger partial charge in [0.15, 0.2) is 5.96 Å². The van der Waals surface area contributed by atoms with Crippen LogP contribution in [0.2, 0.25) is 0 Å². The number of aliphatic imine (C=N–C) groups is 1. The second-order valence-corrected chi connectivity index (χ2v) is 7.84. The van der Waals surface area contributed by atoms with Crippen molar-refractivity contribution in [3.63, 3.8) is 0 Å². The Morgan fingerprint density at radius 3 is 2.78 bits per heavy atom. The Bertz CT molecular complexity index is 599. The lowest BCUT2D eigenvalue weighted by Crippen LogP contribution is -2.45. The van der Waals surface area contributed by atoms with Crippen molar-refractivity contribution in [2.75, 3.05) is 26.7 Å². The van der Waals surface area contributed by atoms with Gasteiger partial charge in [-0.2, -0.15) is 5.10 Å². The van der Waals surface area contributed by atoms with Crippen molar-refractivity contribution >= 4 is 36.0 Å². The van der Waals surface area contributed by atoms with Crippen molar-refractivity contribution in [1.82, 2.24) is 25.3 Å². The van der Waals surface area contributed by atoms with E-state index in [1.807, 2.05) is 37.7 Å². The molecule has 2 N–H and O–H groups in total. The molecule has 2 heterocycles. The summed E-state index contributed by atoms with van der Waals surface area (Å²) in [5.41, 5.74) is -0.481. The Kier molecular flexibility index (Phi) is 9.34. The highest BCUT2D eigenvalue weighted by atomic mass is 127. The summed E-state index contributed by atoms with van der Waals surface area (Å²) < 4.78 is 7.26. The molecule has 2 rings (SSSR count). The highest BCUT2D eigenvalue weighted by Crippen LogP contribution is 2.12. The number of amides is 1. The van der Waals surface area contributed by atoms with Crippen LogP contribution in [0.5, 0.6) is 0 Å². The third-order valence-electron chi connectivity index (χ3n) is 4.09. The van der Waals surface area contributed by atoms with Gasteiger partial charge in [0.25, 0.3) is 0 Å². The normalized spacial score (nSPS) is 18.6. The van der Waals surface area contributed by atoms with Crippen LogP contribution in [0.15, 0.2) is 23.5 Å². The third-order valence-corrected chi connectivity index (χ3v) is 4.09. The summed E-state index contributed by atoms with van der Waals surface area (Å²) in [5.74, 6) is 1.29. The number of carbonyl (C=O) groups excluding carboxylic acids is 1. The molecule has 1 aromatic heterocycles. The molecule has 1 amide bonds. The Morgan fingerprint density at radius 2 is 2.19 bits per heavy atom. The van der Waals surface area contributed by atoms with Gasteiger partial charge in [0.05, 0.1) is 6.04 Å². The molecule has 27 heavy (non-hydrogen) atoms. The lowest BCUT2D eigenvalue weighted by molar-refractivity contribution is 0.0507. The summed E-state index contributed by atoms with van der Waals surface area (Å²) in [6, 6.07) is 2.01. The summed E-state index contributed by atoms with van der Waals surface area (Å²) in [6.45, 7) is 11.0. The van der Waals surface area contributed by atoms with E-state index in [4.69, 9.17) is 4.74 Å². The van der Waals surface area contributed by atoms with Crippen LogP contribution in [-0.2, 0) is 11.3 Å². The number of likely N-dealkylation sites (tertiary alicyclic amines) is 1. The number of guanidine groups is 1. The van der Waals surface area contributed by atoms with Crippen molar-refractivity contribution in [3.05, 3.63) is 18.5 Å². The fraction of sp³-hybridized carbons (Fsp3) is 0.722. The number of rotatable bonds is 5. The first-order valence-corrected chi connectivity index (χ1v) is 9.19. The van der Waals surface area contributed by atoms with Gasteiger partial charge in [0, 0.05) is 45.6 Å². The Balaban J connectivity index is 0.00000364. The lowest BCUT2D eigenvalue weighted by atomic mass is 10.2. The number of carbonyl (C=O) groups is 1. The molecule has 1 aliphatic rings. The molecule has 1 aliphatic heterocycles. The van der Waals surface area contributed by atoms with Crippen LogP contribution < -0.4 is 10.6 Å². The van der Waals surface area contributed by atoms with E-state index < -0.39 is 5.60 Å². The van der Waals surface area contributed by atoms with E-state index in [2.05, 4.69) is 32.5 Å². The molecule has 154 valence electrons. The van der Waals surface area contributed by atoms with Crippen LogP contribution >= 0.6 is 24.0 Å². The van der Waals surface area contributed by atoms with Crippen LogP contribution in [-0.4, -0.2) is 65.1 Å². The fourth-order valence-corrected chi connectivity index (χ4v) is 2.93. The van der Waals surface area contributed by atoms with Gasteiger partial charge < -0.3 is 20.3 Å². The minimum atomic E-state index is -0.481. The molecular weight excluding hydrogens is 459 g/mol. The van der Waals surface area contributed by atoms with E-state index in [-0.39, 0.29) is 36.1 Å². The summed E-state index contributed by atoms with van der Waals surface area (Å²) in [5, 5.41) is 10.6. The average molecular weight is 492 g/mol. The standard InChI is InChI=1S/C18H32N6O2.HI/c1-14(12-24-9-6-8-21-24)11-20-16(19-5)23-10-7-15(13-23)22-17(25)26-18(2,3)4;/h6,8-9,14-15H,7,10-13H2,1-5H3,(H,19,20)(H,22,25);1H. The first kappa shape index (κ1) is 23.5. The van der Waals surface area contributed by atoms with Gasteiger partial charge in [-0.1, -0.05) is 6.92 Å². The Morgan fingerprint density at radius 1 is 1.44 bits per heavy atom. The number of hydrogen-bond donors (Lipinski definition) is 2. The molecule has 9 heteroatoms. The summed E-state index contributed by atoms with van der Waals surface area (Å²) >= 11 is 0. The predicted octanol–water partition coefficient (Wildman–Crippen LogP) is 2.31. The molecule has 2 unspecified atom stereocenters. The quantitative estimate of drug-likeness (QED) is 0.375.